The maximum Gasteiger partial charge on any atom is 0.305 e. The fourth-order valence-electron chi connectivity index (χ4n) is 3.84. The molecule has 7 nitrogen and oxygen atoms in total. The van der Waals surface area contributed by atoms with Crippen molar-refractivity contribution in [3.8, 4) is 0 Å². The number of amides is 2. The molecule has 2 fully saturated rings. The molecule has 3 unspecified atom stereocenters. The van der Waals surface area contributed by atoms with Crippen LogP contribution in [0.15, 0.2) is 30.3 Å². The molecule has 2 heterocycles. The molecule has 0 saturated carbocycles. The molecule has 3 rings (SSSR count). The number of hydrogen-bond acceptors (Lipinski definition) is 4. The number of ether oxygens (including phenoxy) is 1. The zero-order valence-corrected chi connectivity index (χ0v) is 14.8. The van der Waals surface area contributed by atoms with Crippen molar-refractivity contribution in [2.75, 3.05) is 20.2 Å². The Bertz CT molecular complexity index is 678. The summed E-state index contributed by atoms with van der Waals surface area (Å²) >= 11 is 0. The van der Waals surface area contributed by atoms with Gasteiger partial charge in [0.1, 0.15) is 0 Å². The summed E-state index contributed by atoms with van der Waals surface area (Å²) in [6.45, 7) is 1.25. The fourth-order valence-corrected chi connectivity index (χ4v) is 3.84. The molecule has 3 atom stereocenters. The monoisotopic (exact) mass is 360 g/mol. The second-order valence-corrected chi connectivity index (χ2v) is 7.00. The summed E-state index contributed by atoms with van der Waals surface area (Å²) < 4.78 is 5.32. The average Bonchev–Trinajstić information content (AvgIpc) is 3.18. The molecule has 140 valence electrons. The fraction of sp³-hybridized carbons (Fsp3) is 0.526. The van der Waals surface area contributed by atoms with Gasteiger partial charge in [-0.3, -0.25) is 14.4 Å². The summed E-state index contributed by atoms with van der Waals surface area (Å²) in [5, 5.41) is 9.10. The first kappa shape index (κ1) is 18.4. The number of methoxy groups -OCH3 is 1. The van der Waals surface area contributed by atoms with Gasteiger partial charge in [-0.2, -0.15) is 0 Å². The van der Waals surface area contributed by atoms with Gasteiger partial charge in [0, 0.05) is 39.2 Å². The summed E-state index contributed by atoms with van der Waals surface area (Å²) in [4.78, 5) is 39.7. The molecule has 0 bridgehead atoms. The molecular weight excluding hydrogens is 336 g/mol. The maximum absolute atomic E-state index is 12.9. The lowest BCUT2D eigenvalue weighted by Crippen LogP contribution is -2.41. The van der Waals surface area contributed by atoms with Crippen LogP contribution in [-0.2, 0) is 25.7 Å². The van der Waals surface area contributed by atoms with Crippen molar-refractivity contribution in [3.05, 3.63) is 35.9 Å². The molecular formula is C19H24N2O5. The zero-order valence-electron chi connectivity index (χ0n) is 14.8. The van der Waals surface area contributed by atoms with E-state index in [0.29, 0.717) is 26.1 Å². The standard InChI is InChI=1S/C19H24N2O5/c1-26-16-8-15(9-18(23)24)21(12-16)19(25)14-7-17(22)20(11-14)10-13-5-3-2-4-6-13/h2-6,14-16H,7-12H2,1H3,(H,23,24). The summed E-state index contributed by atoms with van der Waals surface area (Å²) in [5.74, 6) is -1.53. The van der Waals surface area contributed by atoms with Gasteiger partial charge in [0.05, 0.1) is 18.4 Å². The van der Waals surface area contributed by atoms with Crippen LogP contribution in [0.3, 0.4) is 0 Å². The first-order chi connectivity index (χ1) is 12.5. The van der Waals surface area contributed by atoms with Gasteiger partial charge >= 0.3 is 5.97 Å². The topological polar surface area (TPSA) is 87.1 Å². The van der Waals surface area contributed by atoms with Crippen LogP contribution in [0.4, 0.5) is 0 Å². The van der Waals surface area contributed by atoms with Crippen LogP contribution in [0.2, 0.25) is 0 Å². The largest absolute Gasteiger partial charge is 0.481 e. The van der Waals surface area contributed by atoms with Crippen molar-refractivity contribution in [1.82, 2.24) is 9.80 Å². The number of hydrogen-bond donors (Lipinski definition) is 1. The molecule has 0 aromatic heterocycles. The lowest BCUT2D eigenvalue weighted by atomic mass is 10.1. The SMILES string of the molecule is COC1CC(CC(=O)O)N(C(=O)C2CC(=O)N(Cc3ccccc3)C2)C1. The van der Waals surface area contributed by atoms with Gasteiger partial charge in [0.2, 0.25) is 11.8 Å². The van der Waals surface area contributed by atoms with E-state index in [2.05, 4.69) is 0 Å². The molecule has 0 aliphatic carbocycles. The second-order valence-electron chi connectivity index (χ2n) is 7.00. The third-order valence-electron chi connectivity index (χ3n) is 5.18. The van der Waals surface area contributed by atoms with Crippen LogP contribution in [0.1, 0.15) is 24.8 Å². The molecule has 1 aromatic rings. The predicted octanol–water partition coefficient (Wildman–Crippen LogP) is 1.13. The minimum Gasteiger partial charge on any atom is -0.481 e. The van der Waals surface area contributed by atoms with Gasteiger partial charge in [-0.1, -0.05) is 30.3 Å². The van der Waals surface area contributed by atoms with E-state index in [0.717, 1.165) is 5.56 Å². The molecule has 7 heteroatoms. The highest BCUT2D eigenvalue weighted by atomic mass is 16.5. The highest BCUT2D eigenvalue weighted by Crippen LogP contribution is 2.28. The van der Waals surface area contributed by atoms with E-state index >= 15 is 0 Å². The van der Waals surface area contributed by atoms with E-state index in [1.54, 1.807) is 16.9 Å². The Kier molecular flexibility index (Phi) is 5.56. The Balaban J connectivity index is 1.65. The Morgan fingerprint density at radius 2 is 1.96 bits per heavy atom. The number of rotatable bonds is 6. The number of carbonyl (C=O) groups is 3. The molecule has 0 spiro atoms. The number of carboxylic acid groups (broad SMARTS) is 1. The van der Waals surface area contributed by atoms with E-state index in [-0.39, 0.29) is 36.8 Å². The summed E-state index contributed by atoms with van der Waals surface area (Å²) in [5.41, 5.74) is 1.03. The van der Waals surface area contributed by atoms with E-state index in [9.17, 15) is 14.4 Å². The smallest absolute Gasteiger partial charge is 0.305 e. The Morgan fingerprint density at radius 3 is 2.62 bits per heavy atom. The van der Waals surface area contributed by atoms with Crippen LogP contribution in [0.25, 0.3) is 0 Å². The molecule has 2 aliphatic heterocycles. The van der Waals surface area contributed by atoms with Gasteiger partial charge < -0.3 is 19.6 Å². The number of nitrogens with zero attached hydrogens (tertiary/aromatic N) is 2. The van der Waals surface area contributed by atoms with E-state index in [4.69, 9.17) is 9.84 Å². The van der Waals surface area contributed by atoms with Gasteiger partial charge in [0.15, 0.2) is 0 Å². The first-order valence-electron chi connectivity index (χ1n) is 8.84. The van der Waals surface area contributed by atoms with Crippen molar-refractivity contribution in [3.63, 3.8) is 0 Å². The lowest BCUT2D eigenvalue weighted by Gasteiger charge is -2.26. The van der Waals surface area contributed by atoms with Crippen LogP contribution in [0, 0.1) is 5.92 Å². The van der Waals surface area contributed by atoms with Crippen LogP contribution < -0.4 is 0 Å². The van der Waals surface area contributed by atoms with Gasteiger partial charge in [-0.05, 0) is 12.0 Å². The van der Waals surface area contributed by atoms with Crippen molar-refractivity contribution in [2.24, 2.45) is 5.92 Å². The molecule has 26 heavy (non-hydrogen) atoms. The second kappa shape index (κ2) is 7.86. The predicted molar refractivity (Wildman–Crippen MR) is 93.1 cm³/mol. The zero-order chi connectivity index (χ0) is 18.7. The van der Waals surface area contributed by atoms with E-state index in [1.807, 2.05) is 30.3 Å². The summed E-state index contributed by atoms with van der Waals surface area (Å²) in [6.07, 6.45) is 0.448. The van der Waals surface area contributed by atoms with Gasteiger partial charge in [-0.15, -0.1) is 0 Å². The van der Waals surface area contributed by atoms with Crippen LogP contribution >= 0.6 is 0 Å². The molecule has 1 aromatic carbocycles. The molecule has 2 amide bonds. The van der Waals surface area contributed by atoms with Crippen molar-refractivity contribution in [2.45, 2.75) is 38.0 Å². The summed E-state index contributed by atoms with van der Waals surface area (Å²) in [7, 11) is 1.57. The highest BCUT2D eigenvalue weighted by molar-refractivity contribution is 5.89. The van der Waals surface area contributed by atoms with Gasteiger partial charge in [-0.25, -0.2) is 0 Å². The van der Waals surface area contributed by atoms with Crippen molar-refractivity contribution in [1.29, 1.82) is 0 Å². The van der Waals surface area contributed by atoms with E-state index in [1.165, 1.54) is 0 Å². The number of benzene rings is 1. The molecule has 2 aliphatic rings. The molecule has 2 saturated heterocycles. The Labute approximate surface area is 152 Å². The Hall–Kier alpha value is -2.41. The maximum atomic E-state index is 12.9. The number of carbonyl (C=O) groups excluding carboxylic acids is 2. The molecule has 0 radical (unpaired) electrons. The van der Waals surface area contributed by atoms with E-state index < -0.39 is 11.9 Å². The Morgan fingerprint density at radius 1 is 1.23 bits per heavy atom. The quantitative estimate of drug-likeness (QED) is 0.822. The number of likely N-dealkylation sites (tertiary alicyclic amines) is 2. The first-order valence-corrected chi connectivity index (χ1v) is 8.84. The minimum atomic E-state index is -0.933. The number of aliphatic carboxylic acids is 1. The third kappa shape index (κ3) is 4.04. The van der Waals surface area contributed by atoms with Gasteiger partial charge in [0.25, 0.3) is 0 Å². The van der Waals surface area contributed by atoms with Crippen molar-refractivity contribution >= 4 is 17.8 Å². The normalized spacial score (nSPS) is 25.7. The third-order valence-corrected chi connectivity index (χ3v) is 5.18. The van der Waals surface area contributed by atoms with Crippen LogP contribution in [-0.4, -0.2) is 65.0 Å². The lowest BCUT2D eigenvalue weighted by molar-refractivity contribution is -0.141. The average molecular weight is 360 g/mol. The van der Waals surface area contributed by atoms with Crippen molar-refractivity contribution < 1.29 is 24.2 Å². The van der Waals surface area contributed by atoms with Crippen LogP contribution in [0.5, 0.6) is 0 Å². The summed E-state index contributed by atoms with van der Waals surface area (Å²) in [6, 6.07) is 9.30. The molecule has 1 N–H and O–H groups in total. The number of carboxylic acids is 1. The highest BCUT2D eigenvalue weighted by Gasteiger charge is 2.42. The minimum absolute atomic E-state index is 0.0375.